The van der Waals surface area contributed by atoms with E-state index in [9.17, 15) is 71.0 Å². The summed E-state index contributed by atoms with van der Waals surface area (Å²) in [5.74, 6) is -25.5. The van der Waals surface area contributed by atoms with E-state index in [0.29, 0.717) is 6.92 Å². The Bertz CT molecular complexity index is 1930. The number of phenolic OH excluding ortho intramolecular Hbond substituents is 2. The van der Waals surface area contributed by atoms with E-state index in [4.69, 9.17) is 10.8 Å². The van der Waals surface area contributed by atoms with Crippen molar-refractivity contribution in [3.8, 4) is 22.6 Å². The van der Waals surface area contributed by atoms with Crippen LogP contribution in [0.15, 0.2) is 48.5 Å². The summed E-state index contributed by atoms with van der Waals surface area (Å²) in [5.41, 5.74) is -3.49. The van der Waals surface area contributed by atoms with E-state index in [-0.39, 0.29) is 16.9 Å². The fraction of sp³-hybridized carbons (Fsp3) is 0.167. The molecule has 290 valence electrons. The summed E-state index contributed by atoms with van der Waals surface area (Å²) < 4.78 is 199. The van der Waals surface area contributed by atoms with E-state index in [1.54, 1.807) is 12.1 Å². The van der Waals surface area contributed by atoms with Gasteiger partial charge in [0.2, 0.25) is 11.6 Å². The number of rotatable bonds is 3. The second kappa shape index (κ2) is 15.8. The Balaban J connectivity index is 0.000000227. The zero-order valence-corrected chi connectivity index (χ0v) is 27.8. The van der Waals surface area contributed by atoms with Crippen LogP contribution in [0.25, 0.3) is 11.1 Å². The third-order valence-corrected chi connectivity index (χ3v) is 8.13. The van der Waals surface area contributed by atoms with Crippen molar-refractivity contribution in [2.45, 2.75) is 39.3 Å². The number of phenols is 2. The molecule has 5 aromatic rings. The fourth-order valence-corrected chi connectivity index (χ4v) is 4.73. The van der Waals surface area contributed by atoms with Gasteiger partial charge in [-0.15, -0.1) is 0 Å². The molecule has 0 bridgehead atoms. The average Bonchev–Trinajstić information content (AvgIpc) is 3.14. The highest BCUT2D eigenvalue weighted by atomic mass is 19.4. The number of nitrogen functional groups attached to an aromatic ring is 1. The first kappa shape index (κ1) is 42.9. The molecular weight excluding hydrogens is 763 g/mol. The lowest BCUT2D eigenvalue weighted by Gasteiger charge is -2.33. The smallest absolute Gasteiger partial charge is 0.402 e. The van der Waals surface area contributed by atoms with Gasteiger partial charge in [-0.2, -0.15) is 22.0 Å². The van der Waals surface area contributed by atoms with Gasteiger partial charge in [0.1, 0.15) is 16.9 Å². The summed E-state index contributed by atoms with van der Waals surface area (Å²) in [6, 6.07) is 11.5. The second-order valence-electron chi connectivity index (χ2n) is 11.6. The molecule has 0 heterocycles. The van der Waals surface area contributed by atoms with Gasteiger partial charge < -0.3 is 15.9 Å². The normalized spacial score (nSPS) is 12.4. The maximum absolute atomic E-state index is 13.7. The molecule has 5 rings (SSSR count). The Kier molecular flexibility index (Phi) is 12.6. The van der Waals surface area contributed by atoms with Crippen LogP contribution in [-0.4, -0.2) is 16.4 Å². The van der Waals surface area contributed by atoms with Crippen molar-refractivity contribution >= 4 is 5.69 Å². The number of nitrogens with two attached hydrogens (primary N) is 1. The predicted octanol–water partition coefficient (Wildman–Crippen LogP) is 11.2. The van der Waals surface area contributed by atoms with E-state index in [1.807, 2.05) is 6.92 Å². The van der Waals surface area contributed by atoms with E-state index < -0.39 is 115 Å². The van der Waals surface area contributed by atoms with Gasteiger partial charge in [0.25, 0.3) is 0 Å². The number of halogens is 15. The number of benzene rings is 5. The molecule has 54 heavy (non-hydrogen) atoms. The van der Waals surface area contributed by atoms with Crippen molar-refractivity contribution in [1.29, 1.82) is 0 Å². The van der Waals surface area contributed by atoms with Crippen molar-refractivity contribution in [3.63, 3.8) is 0 Å². The zero-order valence-electron chi connectivity index (χ0n) is 27.8. The Morgan fingerprint density at radius 1 is 0.444 bits per heavy atom. The SMILES string of the molecule is Cc1c(F)c(F)c(-c2c(F)c(F)c(N)c(F)c2F)c(F)c1F.Cc1c(F)c(F)c(O)c(F)c1F.Cc1ccc(C(C)(c2ccc(O)cc2)C(F)(F)F)cc1. The van der Waals surface area contributed by atoms with Crippen LogP contribution in [0.1, 0.15) is 34.7 Å². The van der Waals surface area contributed by atoms with Crippen molar-refractivity contribution < 1.29 is 76.1 Å². The Morgan fingerprint density at radius 3 is 1.07 bits per heavy atom. The van der Waals surface area contributed by atoms with Crippen LogP contribution in [0, 0.1) is 90.6 Å². The van der Waals surface area contributed by atoms with Crippen molar-refractivity contribution in [2.75, 3.05) is 5.73 Å². The molecule has 5 aromatic carbocycles. The van der Waals surface area contributed by atoms with Gasteiger partial charge in [0.15, 0.2) is 63.9 Å². The molecule has 18 heteroatoms. The first-order valence-electron chi connectivity index (χ1n) is 14.7. The lowest BCUT2D eigenvalue weighted by molar-refractivity contribution is -0.173. The van der Waals surface area contributed by atoms with E-state index in [1.165, 1.54) is 36.4 Å². The van der Waals surface area contributed by atoms with Crippen molar-refractivity contribution in [3.05, 3.63) is 146 Å². The summed E-state index contributed by atoms with van der Waals surface area (Å²) in [6.07, 6.45) is -4.43. The highest BCUT2D eigenvalue weighted by Gasteiger charge is 2.53. The molecule has 1 atom stereocenters. The predicted molar refractivity (Wildman–Crippen MR) is 165 cm³/mol. The molecule has 3 nitrogen and oxygen atoms in total. The fourth-order valence-electron chi connectivity index (χ4n) is 4.73. The van der Waals surface area contributed by atoms with Crippen LogP contribution in [0.2, 0.25) is 0 Å². The number of aromatic hydroxyl groups is 2. The summed E-state index contributed by atoms with van der Waals surface area (Å²) in [4.78, 5) is 0. The molecule has 1 unspecified atom stereocenters. The number of alkyl halides is 3. The lowest BCUT2D eigenvalue weighted by atomic mass is 9.75. The van der Waals surface area contributed by atoms with Crippen LogP contribution in [0.4, 0.5) is 71.5 Å². The van der Waals surface area contributed by atoms with E-state index in [2.05, 4.69) is 0 Å². The van der Waals surface area contributed by atoms with Crippen LogP contribution in [0.3, 0.4) is 0 Å². The number of anilines is 1. The molecule has 0 aliphatic carbocycles. The Labute approximate surface area is 295 Å². The standard InChI is InChI=1S/C16H15F3O.C13H5F8N.C7H4F4O/c1-11-3-5-12(6-4-11)15(2,16(17,18)19)13-7-9-14(20)10-8-13;1-2-5(14)7(16)3(8(17)6(2)15)4-9(18)11(20)13(22)12(21)10(4)19;1-2-3(8)5(10)7(12)6(11)4(2)9/h3-10,20H,1-2H3;22H2,1H3;12H,1H3. The minimum Gasteiger partial charge on any atom is -0.508 e. The average molecular weight is 788 g/mol. The third kappa shape index (κ3) is 7.72. The lowest BCUT2D eigenvalue weighted by Crippen LogP contribution is -2.40. The molecular formula is C36H24F15NO2. The van der Waals surface area contributed by atoms with Gasteiger partial charge in [-0.3, -0.25) is 0 Å². The molecule has 0 spiro atoms. The molecule has 0 fully saturated rings. The minimum absolute atomic E-state index is 0.0535. The number of hydrogen-bond acceptors (Lipinski definition) is 3. The van der Waals surface area contributed by atoms with Gasteiger partial charge >= 0.3 is 6.18 Å². The van der Waals surface area contributed by atoms with Gasteiger partial charge in [-0.25, -0.2) is 43.9 Å². The summed E-state index contributed by atoms with van der Waals surface area (Å²) in [7, 11) is 0. The second-order valence-corrected chi connectivity index (χ2v) is 11.6. The van der Waals surface area contributed by atoms with Gasteiger partial charge in [-0.05, 0) is 51.0 Å². The van der Waals surface area contributed by atoms with Gasteiger partial charge in [0, 0.05) is 11.1 Å². The molecule has 0 amide bonds. The van der Waals surface area contributed by atoms with Crippen LogP contribution in [-0.2, 0) is 5.41 Å². The van der Waals surface area contributed by atoms with E-state index >= 15 is 0 Å². The van der Waals surface area contributed by atoms with Crippen LogP contribution >= 0.6 is 0 Å². The summed E-state index contributed by atoms with van der Waals surface area (Å²) in [5, 5.41) is 17.7. The van der Waals surface area contributed by atoms with Crippen LogP contribution in [0.5, 0.6) is 11.5 Å². The summed E-state index contributed by atoms with van der Waals surface area (Å²) in [6.45, 7) is 4.52. The van der Waals surface area contributed by atoms with E-state index in [0.717, 1.165) is 19.4 Å². The van der Waals surface area contributed by atoms with Crippen molar-refractivity contribution in [2.24, 2.45) is 0 Å². The minimum atomic E-state index is -4.43. The molecule has 0 aliphatic rings. The molecule has 0 aliphatic heterocycles. The van der Waals surface area contributed by atoms with Gasteiger partial charge in [-0.1, -0.05) is 42.0 Å². The number of aryl methyl sites for hydroxylation is 1. The molecule has 0 saturated carbocycles. The Hall–Kier alpha value is -5.55. The van der Waals surface area contributed by atoms with Gasteiger partial charge in [0.05, 0.1) is 11.1 Å². The molecule has 0 aromatic heterocycles. The molecule has 0 saturated heterocycles. The zero-order chi connectivity index (χ0) is 41.4. The first-order chi connectivity index (χ1) is 24.8. The summed E-state index contributed by atoms with van der Waals surface area (Å²) >= 11 is 0. The number of hydrogen-bond donors (Lipinski definition) is 3. The van der Waals surface area contributed by atoms with Crippen LogP contribution < -0.4 is 5.73 Å². The monoisotopic (exact) mass is 787 g/mol. The maximum Gasteiger partial charge on any atom is 0.402 e. The van der Waals surface area contributed by atoms with Crippen molar-refractivity contribution in [1.82, 2.24) is 0 Å². The first-order valence-corrected chi connectivity index (χ1v) is 14.7. The largest absolute Gasteiger partial charge is 0.508 e. The maximum atomic E-state index is 13.7. The highest BCUT2D eigenvalue weighted by Crippen LogP contribution is 2.46. The molecule has 0 radical (unpaired) electrons. The quantitative estimate of drug-likeness (QED) is 0.0969. The molecule has 4 N–H and O–H groups in total. The Morgan fingerprint density at radius 2 is 0.741 bits per heavy atom. The topological polar surface area (TPSA) is 66.5 Å². The third-order valence-electron chi connectivity index (χ3n) is 8.13. The highest BCUT2D eigenvalue weighted by molar-refractivity contribution is 5.70.